The molecule has 0 aliphatic rings. The lowest BCUT2D eigenvalue weighted by Crippen LogP contribution is -1.92. The van der Waals surface area contributed by atoms with Crippen molar-refractivity contribution < 1.29 is 8.78 Å². The number of nitrogens with one attached hydrogen (secondary N) is 1. The van der Waals surface area contributed by atoms with Crippen molar-refractivity contribution in [2.45, 2.75) is 0 Å². The monoisotopic (exact) mass is 179 g/mol. The van der Waals surface area contributed by atoms with Gasteiger partial charge in [-0.2, -0.15) is 0 Å². The number of anilines is 1. The van der Waals surface area contributed by atoms with Crippen LogP contribution in [0.4, 0.5) is 14.5 Å². The van der Waals surface area contributed by atoms with E-state index in [2.05, 4.69) is 5.32 Å². The van der Waals surface area contributed by atoms with Gasteiger partial charge in [-0.25, -0.2) is 8.78 Å². The second kappa shape index (κ2) is 4.13. The molecule has 1 nitrogen and oxygen atoms in total. The molecule has 0 aromatic heterocycles. The summed E-state index contributed by atoms with van der Waals surface area (Å²) in [6, 6.07) is 3.39. The molecule has 0 radical (unpaired) electrons. The summed E-state index contributed by atoms with van der Waals surface area (Å²) in [6.45, 7) is 0. The predicted molar refractivity (Wildman–Crippen MR) is 43.2 cm³/mol. The van der Waals surface area contributed by atoms with E-state index < -0.39 is 11.6 Å². The van der Waals surface area contributed by atoms with Gasteiger partial charge in [-0.05, 0) is 12.1 Å². The van der Waals surface area contributed by atoms with Gasteiger partial charge in [-0.3, -0.25) is 0 Å². The van der Waals surface area contributed by atoms with Gasteiger partial charge in [0, 0.05) is 13.1 Å². The molecule has 0 amide bonds. The van der Waals surface area contributed by atoms with Crippen molar-refractivity contribution in [1.82, 2.24) is 0 Å². The van der Waals surface area contributed by atoms with Crippen LogP contribution in [0.3, 0.4) is 0 Å². The first-order valence-corrected chi connectivity index (χ1v) is 2.87. The minimum Gasteiger partial charge on any atom is -0.386 e. The molecule has 0 atom stereocenters. The van der Waals surface area contributed by atoms with Crippen LogP contribution in [0.15, 0.2) is 18.2 Å². The molecule has 0 heterocycles. The van der Waals surface area contributed by atoms with E-state index in [1.807, 2.05) is 0 Å². The largest absolute Gasteiger partial charge is 0.386 e. The van der Waals surface area contributed by atoms with Gasteiger partial charge in [-0.15, -0.1) is 12.4 Å². The van der Waals surface area contributed by atoms with Gasteiger partial charge in [0.1, 0.15) is 11.6 Å². The summed E-state index contributed by atoms with van der Waals surface area (Å²) in [4.78, 5) is 0. The van der Waals surface area contributed by atoms with Gasteiger partial charge in [0.05, 0.1) is 5.69 Å². The molecule has 0 saturated heterocycles. The maximum Gasteiger partial charge on any atom is 0.149 e. The van der Waals surface area contributed by atoms with Gasteiger partial charge in [0.2, 0.25) is 0 Å². The molecular formula is C7H8ClF2N. The van der Waals surface area contributed by atoms with Crippen LogP contribution in [-0.4, -0.2) is 7.05 Å². The molecule has 11 heavy (non-hydrogen) atoms. The summed E-state index contributed by atoms with van der Waals surface area (Å²) in [7, 11) is 1.58. The van der Waals surface area contributed by atoms with Crippen LogP contribution in [-0.2, 0) is 0 Å². The molecule has 0 aliphatic carbocycles. The fraction of sp³-hybridized carbons (Fsp3) is 0.143. The van der Waals surface area contributed by atoms with E-state index in [0.717, 1.165) is 6.07 Å². The summed E-state index contributed by atoms with van der Waals surface area (Å²) in [5, 5.41) is 2.58. The van der Waals surface area contributed by atoms with Crippen molar-refractivity contribution >= 4 is 18.1 Å². The van der Waals surface area contributed by atoms with Crippen LogP contribution in [0, 0.1) is 11.6 Å². The second-order valence-electron chi connectivity index (χ2n) is 1.87. The summed E-state index contributed by atoms with van der Waals surface area (Å²) >= 11 is 0. The molecule has 0 saturated carbocycles. The van der Waals surface area contributed by atoms with E-state index >= 15 is 0 Å². The van der Waals surface area contributed by atoms with E-state index in [4.69, 9.17) is 0 Å². The first kappa shape index (κ1) is 10.2. The molecular weight excluding hydrogens is 172 g/mol. The Balaban J connectivity index is 0.000001000. The van der Waals surface area contributed by atoms with Crippen LogP contribution < -0.4 is 5.32 Å². The second-order valence-corrected chi connectivity index (χ2v) is 1.87. The maximum absolute atomic E-state index is 12.5. The van der Waals surface area contributed by atoms with E-state index in [0.29, 0.717) is 5.69 Å². The Morgan fingerprint density at radius 2 is 1.91 bits per heavy atom. The van der Waals surface area contributed by atoms with Crippen LogP contribution in [0.25, 0.3) is 0 Å². The molecule has 1 N–H and O–H groups in total. The van der Waals surface area contributed by atoms with Crippen LogP contribution in [0.2, 0.25) is 0 Å². The normalized spacial score (nSPS) is 8.64. The number of halogens is 3. The lowest BCUT2D eigenvalue weighted by Gasteiger charge is -1.99. The van der Waals surface area contributed by atoms with Crippen LogP contribution in [0.1, 0.15) is 0 Å². The highest BCUT2D eigenvalue weighted by Gasteiger charge is 1.99. The molecule has 62 valence electrons. The Kier molecular flexibility index (Phi) is 3.82. The maximum atomic E-state index is 12.5. The van der Waals surface area contributed by atoms with Crippen molar-refractivity contribution in [2.75, 3.05) is 12.4 Å². The number of rotatable bonds is 1. The number of benzene rings is 1. The highest BCUT2D eigenvalue weighted by Crippen LogP contribution is 2.13. The third kappa shape index (κ3) is 2.35. The average Bonchev–Trinajstić information content (AvgIpc) is 1.88. The van der Waals surface area contributed by atoms with Crippen molar-refractivity contribution in [1.29, 1.82) is 0 Å². The van der Waals surface area contributed by atoms with Crippen molar-refractivity contribution in [2.24, 2.45) is 0 Å². The van der Waals surface area contributed by atoms with Gasteiger partial charge in [0.15, 0.2) is 0 Å². The van der Waals surface area contributed by atoms with Crippen LogP contribution in [0.5, 0.6) is 0 Å². The van der Waals surface area contributed by atoms with E-state index in [9.17, 15) is 8.78 Å². The third-order valence-corrected chi connectivity index (χ3v) is 1.20. The summed E-state index contributed by atoms with van der Waals surface area (Å²) in [5.74, 6) is -1.13. The number of hydrogen-bond donors (Lipinski definition) is 1. The lowest BCUT2D eigenvalue weighted by molar-refractivity contribution is 0.585. The van der Waals surface area contributed by atoms with E-state index in [-0.39, 0.29) is 12.4 Å². The molecule has 4 heteroatoms. The zero-order chi connectivity index (χ0) is 7.56. The lowest BCUT2D eigenvalue weighted by atomic mass is 10.3. The molecule has 1 aromatic rings. The van der Waals surface area contributed by atoms with E-state index in [1.54, 1.807) is 7.05 Å². The molecule has 0 bridgehead atoms. The quantitative estimate of drug-likeness (QED) is 0.698. The van der Waals surface area contributed by atoms with Gasteiger partial charge >= 0.3 is 0 Å². The fourth-order valence-electron chi connectivity index (χ4n) is 0.692. The molecule has 0 unspecified atom stereocenters. The zero-order valence-corrected chi connectivity index (χ0v) is 6.71. The topological polar surface area (TPSA) is 12.0 Å². The Morgan fingerprint density at radius 1 is 1.27 bits per heavy atom. The Hall–Kier alpha value is -0.830. The van der Waals surface area contributed by atoms with E-state index in [1.165, 1.54) is 12.1 Å². The number of hydrogen-bond acceptors (Lipinski definition) is 1. The minimum absolute atomic E-state index is 0. The minimum atomic E-state index is -0.567. The SMILES string of the molecule is CNc1ccc(F)cc1F.Cl. The zero-order valence-electron chi connectivity index (χ0n) is 5.90. The predicted octanol–water partition coefficient (Wildman–Crippen LogP) is 2.43. The molecule has 0 fully saturated rings. The van der Waals surface area contributed by atoms with Gasteiger partial charge in [0.25, 0.3) is 0 Å². The smallest absolute Gasteiger partial charge is 0.149 e. The van der Waals surface area contributed by atoms with Gasteiger partial charge < -0.3 is 5.32 Å². The molecule has 0 spiro atoms. The standard InChI is InChI=1S/C7H7F2N.ClH/c1-10-7-3-2-5(8)4-6(7)9;/h2-4,10H,1H3;1H. The first-order chi connectivity index (χ1) is 4.74. The highest BCUT2D eigenvalue weighted by molar-refractivity contribution is 5.85. The molecule has 0 aliphatic heterocycles. The van der Waals surface area contributed by atoms with Gasteiger partial charge in [-0.1, -0.05) is 0 Å². The molecule has 1 aromatic carbocycles. The Bertz CT molecular complexity index is 240. The fourth-order valence-corrected chi connectivity index (χ4v) is 0.692. The summed E-state index contributed by atoms with van der Waals surface area (Å²) in [6.07, 6.45) is 0. The average molecular weight is 180 g/mol. The van der Waals surface area contributed by atoms with Crippen molar-refractivity contribution in [3.8, 4) is 0 Å². The Labute approximate surface area is 69.8 Å². The van der Waals surface area contributed by atoms with Crippen molar-refractivity contribution in [3.05, 3.63) is 29.8 Å². The third-order valence-electron chi connectivity index (χ3n) is 1.20. The highest BCUT2D eigenvalue weighted by atomic mass is 35.5. The first-order valence-electron chi connectivity index (χ1n) is 2.87. The summed E-state index contributed by atoms with van der Waals surface area (Å²) < 4.78 is 24.8. The van der Waals surface area contributed by atoms with Crippen molar-refractivity contribution in [3.63, 3.8) is 0 Å². The Morgan fingerprint density at radius 3 is 2.36 bits per heavy atom. The molecule has 1 rings (SSSR count). The summed E-state index contributed by atoms with van der Waals surface area (Å²) in [5.41, 5.74) is 0.307. The van der Waals surface area contributed by atoms with Crippen LogP contribution >= 0.6 is 12.4 Å².